The van der Waals surface area contributed by atoms with Crippen LogP contribution in [0.2, 0.25) is 0 Å². The first-order valence-electron chi connectivity index (χ1n) is 7.07. The Balaban J connectivity index is 1.58. The summed E-state index contributed by atoms with van der Waals surface area (Å²) in [6.07, 6.45) is 3.83. The number of aryl methyl sites for hydroxylation is 2. The SMILES string of the molecule is Cc1cnc(C)c(N2CC(c3nnc4ccccn34)C2)n1. The second-order valence-electron chi connectivity index (χ2n) is 5.51. The van der Waals surface area contributed by atoms with Crippen molar-refractivity contribution in [2.75, 3.05) is 18.0 Å². The van der Waals surface area contributed by atoms with Gasteiger partial charge in [-0.2, -0.15) is 0 Å². The zero-order valence-corrected chi connectivity index (χ0v) is 12.1. The van der Waals surface area contributed by atoms with Crippen LogP contribution in [-0.4, -0.2) is 37.7 Å². The van der Waals surface area contributed by atoms with Crippen molar-refractivity contribution < 1.29 is 0 Å². The maximum atomic E-state index is 4.59. The van der Waals surface area contributed by atoms with Gasteiger partial charge in [0.2, 0.25) is 0 Å². The lowest BCUT2D eigenvalue weighted by atomic mass is 9.99. The molecule has 1 saturated heterocycles. The molecule has 0 spiro atoms. The third-order valence-electron chi connectivity index (χ3n) is 3.94. The molecule has 0 aliphatic carbocycles. The number of hydrogen-bond donors (Lipinski definition) is 0. The lowest BCUT2D eigenvalue weighted by Crippen LogP contribution is -2.46. The first-order chi connectivity index (χ1) is 10.2. The minimum Gasteiger partial charge on any atom is -0.354 e. The van der Waals surface area contributed by atoms with Crippen molar-refractivity contribution in [2.24, 2.45) is 0 Å². The maximum Gasteiger partial charge on any atom is 0.160 e. The average Bonchev–Trinajstić information content (AvgIpc) is 2.85. The Bertz CT molecular complexity index is 803. The van der Waals surface area contributed by atoms with Gasteiger partial charge in [-0.3, -0.25) is 9.38 Å². The predicted molar refractivity (Wildman–Crippen MR) is 79.4 cm³/mol. The van der Waals surface area contributed by atoms with Crippen molar-refractivity contribution in [3.8, 4) is 0 Å². The van der Waals surface area contributed by atoms with Crippen LogP contribution in [0, 0.1) is 13.8 Å². The molecule has 21 heavy (non-hydrogen) atoms. The minimum absolute atomic E-state index is 0.393. The van der Waals surface area contributed by atoms with Gasteiger partial charge in [-0.25, -0.2) is 4.98 Å². The molecule has 4 heterocycles. The van der Waals surface area contributed by atoms with Crippen molar-refractivity contribution in [3.63, 3.8) is 0 Å². The number of pyridine rings is 1. The van der Waals surface area contributed by atoms with Crippen molar-refractivity contribution >= 4 is 11.5 Å². The molecule has 3 aromatic rings. The Morgan fingerprint density at radius 2 is 2.00 bits per heavy atom. The largest absolute Gasteiger partial charge is 0.354 e. The second-order valence-corrected chi connectivity index (χ2v) is 5.51. The zero-order chi connectivity index (χ0) is 14.4. The van der Waals surface area contributed by atoms with Crippen molar-refractivity contribution in [3.05, 3.63) is 47.8 Å². The second kappa shape index (κ2) is 4.51. The van der Waals surface area contributed by atoms with E-state index in [2.05, 4.69) is 29.5 Å². The highest BCUT2D eigenvalue weighted by Crippen LogP contribution is 2.30. The molecular weight excluding hydrogens is 264 g/mol. The molecule has 4 rings (SSSR count). The fraction of sp³-hybridized carbons (Fsp3) is 0.333. The van der Waals surface area contributed by atoms with E-state index in [4.69, 9.17) is 0 Å². The Kier molecular flexibility index (Phi) is 2.63. The summed E-state index contributed by atoms with van der Waals surface area (Å²) < 4.78 is 2.07. The van der Waals surface area contributed by atoms with E-state index < -0.39 is 0 Å². The van der Waals surface area contributed by atoms with Crippen LogP contribution in [0.15, 0.2) is 30.6 Å². The highest BCUT2D eigenvalue weighted by molar-refractivity contribution is 5.48. The molecule has 0 unspecified atom stereocenters. The molecule has 0 saturated carbocycles. The average molecular weight is 280 g/mol. The van der Waals surface area contributed by atoms with E-state index in [1.807, 2.05) is 44.4 Å². The molecule has 6 heteroatoms. The Hall–Kier alpha value is -2.50. The van der Waals surface area contributed by atoms with Crippen LogP contribution in [0.1, 0.15) is 23.1 Å². The summed E-state index contributed by atoms with van der Waals surface area (Å²) in [5.41, 5.74) is 2.83. The van der Waals surface area contributed by atoms with Gasteiger partial charge in [0, 0.05) is 25.5 Å². The number of hydrogen-bond acceptors (Lipinski definition) is 5. The van der Waals surface area contributed by atoms with Crippen LogP contribution in [0.4, 0.5) is 5.82 Å². The summed E-state index contributed by atoms with van der Waals surface area (Å²) in [7, 11) is 0. The molecule has 0 aromatic carbocycles. The van der Waals surface area contributed by atoms with Crippen molar-refractivity contribution in [1.82, 2.24) is 24.6 Å². The van der Waals surface area contributed by atoms with Gasteiger partial charge in [-0.15, -0.1) is 10.2 Å². The number of anilines is 1. The van der Waals surface area contributed by atoms with Gasteiger partial charge in [-0.1, -0.05) is 6.07 Å². The van der Waals surface area contributed by atoms with Crippen LogP contribution in [0.5, 0.6) is 0 Å². The highest BCUT2D eigenvalue weighted by Gasteiger charge is 2.33. The van der Waals surface area contributed by atoms with E-state index in [0.29, 0.717) is 5.92 Å². The van der Waals surface area contributed by atoms with Crippen molar-refractivity contribution in [1.29, 1.82) is 0 Å². The quantitative estimate of drug-likeness (QED) is 0.715. The van der Waals surface area contributed by atoms with E-state index in [0.717, 1.165) is 41.8 Å². The molecule has 3 aromatic heterocycles. The van der Waals surface area contributed by atoms with E-state index in [-0.39, 0.29) is 0 Å². The fourth-order valence-corrected chi connectivity index (χ4v) is 2.78. The highest BCUT2D eigenvalue weighted by atomic mass is 15.3. The van der Waals surface area contributed by atoms with Gasteiger partial charge in [0.1, 0.15) is 11.6 Å². The summed E-state index contributed by atoms with van der Waals surface area (Å²) in [5.74, 6) is 2.41. The molecule has 0 amide bonds. The summed E-state index contributed by atoms with van der Waals surface area (Å²) in [4.78, 5) is 11.2. The molecule has 0 radical (unpaired) electrons. The third kappa shape index (κ3) is 1.94. The van der Waals surface area contributed by atoms with Crippen LogP contribution in [0.25, 0.3) is 5.65 Å². The van der Waals surface area contributed by atoms with Gasteiger partial charge in [-0.05, 0) is 26.0 Å². The molecule has 106 valence electrons. The molecule has 1 aliphatic heterocycles. The molecule has 0 bridgehead atoms. The molecule has 0 N–H and O–H groups in total. The third-order valence-corrected chi connectivity index (χ3v) is 3.94. The van der Waals surface area contributed by atoms with Crippen LogP contribution < -0.4 is 4.90 Å². The lowest BCUT2D eigenvalue weighted by Gasteiger charge is -2.39. The first-order valence-corrected chi connectivity index (χ1v) is 7.07. The normalized spacial score (nSPS) is 15.4. The Labute approximate surface area is 122 Å². The van der Waals surface area contributed by atoms with E-state index >= 15 is 0 Å². The molecule has 6 nitrogen and oxygen atoms in total. The van der Waals surface area contributed by atoms with E-state index in [9.17, 15) is 0 Å². The molecule has 1 aliphatic rings. The van der Waals surface area contributed by atoms with Gasteiger partial charge < -0.3 is 4.90 Å². The lowest BCUT2D eigenvalue weighted by molar-refractivity contribution is 0.490. The zero-order valence-electron chi connectivity index (χ0n) is 12.1. The summed E-state index contributed by atoms with van der Waals surface area (Å²) in [6, 6.07) is 5.96. The molecule has 0 atom stereocenters. The maximum absolute atomic E-state index is 4.59. The number of aromatic nitrogens is 5. The Morgan fingerprint density at radius 1 is 1.14 bits per heavy atom. The summed E-state index contributed by atoms with van der Waals surface area (Å²) in [5, 5.41) is 8.55. The van der Waals surface area contributed by atoms with E-state index in [1.165, 1.54) is 0 Å². The summed E-state index contributed by atoms with van der Waals surface area (Å²) >= 11 is 0. The predicted octanol–water partition coefficient (Wildman–Crippen LogP) is 1.74. The van der Waals surface area contributed by atoms with Gasteiger partial charge >= 0.3 is 0 Å². The number of fused-ring (bicyclic) bond motifs is 1. The number of nitrogens with zero attached hydrogens (tertiary/aromatic N) is 6. The minimum atomic E-state index is 0.393. The Morgan fingerprint density at radius 3 is 2.86 bits per heavy atom. The van der Waals surface area contributed by atoms with Crippen LogP contribution in [0.3, 0.4) is 0 Å². The smallest absolute Gasteiger partial charge is 0.160 e. The monoisotopic (exact) mass is 280 g/mol. The van der Waals surface area contributed by atoms with Crippen molar-refractivity contribution in [2.45, 2.75) is 19.8 Å². The topological polar surface area (TPSA) is 59.2 Å². The standard InChI is InChI=1S/C15H16N6/c1-10-7-16-11(2)14(17-10)20-8-12(9-20)15-19-18-13-5-3-4-6-21(13)15/h3-7,12H,8-9H2,1-2H3. The van der Waals surface area contributed by atoms with Gasteiger partial charge in [0.05, 0.1) is 17.3 Å². The van der Waals surface area contributed by atoms with Gasteiger partial charge in [0.15, 0.2) is 5.65 Å². The van der Waals surface area contributed by atoms with Gasteiger partial charge in [0.25, 0.3) is 0 Å². The van der Waals surface area contributed by atoms with Crippen LogP contribution in [-0.2, 0) is 0 Å². The molecular formula is C15H16N6. The van der Waals surface area contributed by atoms with E-state index in [1.54, 1.807) is 0 Å². The van der Waals surface area contributed by atoms with Crippen LogP contribution >= 0.6 is 0 Å². The fourth-order valence-electron chi connectivity index (χ4n) is 2.78. The first kappa shape index (κ1) is 12.3. The number of rotatable bonds is 2. The molecule has 1 fully saturated rings. The summed E-state index contributed by atoms with van der Waals surface area (Å²) in [6.45, 7) is 5.80.